The van der Waals surface area contributed by atoms with Crippen molar-refractivity contribution in [3.63, 3.8) is 0 Å². The molecule has 176 valence electrons. The van der Waals surface area contributed by atoms with E-state index in [0.29, 0.717) is 34.7 Å². The van der Waals surface area contributed by atoms with Gasteiger partial charge in [0.2, 0.25) is 0 Å². The molecule has 3 heterocycles. The molecular formula is C24H20N6O5. The molecule has 11 heteroatoms. The minimum atomic E-state index is -1.47. The summed E-state index contributed by atoms with van der Waals surface area (Å²) >= 11 is 0. The van der Waals surface area contributed by atoms with E-state index in [1.807, 2.05) is 6.07 Å². The number of ether oxygens (including phenoxy) is 1. The van der Waals surface area contributed by atoms with E-state index in [1.54, 1.807) is 36.4 Å². The minimum absolute atomic E-state index is 0.0450. The molecule has 0 bridgehead atoms. The molecule has 0 aliphatic carbocycles. The lowest BCUT2D eigenvalue weighted by Crippen LogP contribution is -2.52. The summed E-state index contributed by atoms with van der Waals surface area (Å²) < 4.78 is 5.22. The van der Waals surface area contributed by atoms with Gasteiger partial charge in [0.15, 0.2) is 5.54 Å². The molecule has 1 fully saturated rings. The first-order chi connectivity index (χ1) is 16.8. The highest BCUT2D eigenvalue weighted by atomic mass is 16.5. The number of hydrogen-bond acceptors (Lipinski definition) is 7. The molecule has 1 aromatic heterocycles. The number of benzene rings is 2. The summed E-state index contributed by atoms with van der Waals surface area (Å²) in [5.74, 6) is -0.930. The summed E-state index contributed by atoms with van der Waals surface area (Å²) in [6, 6.07) is 11.4. The summed E-state index contributed by atoms with van der Waals surface area (Å²) in [5, 5.41) is 5.00. The van der Waals surface area contributed by atoms with Crippen LogP contribution in [0.3, 0.4) is 0 Å². The van der Waals surface area contributed by atoms with Crippen molar-refractivity contribution in [3.8, 4) is 17.0 Å². The highest BCUT2D eigenvalue weighted by Crippen LogP contribution is 2.33. The van der Waals surface area contributed by atoms with Crippen LogP contribution < -0.4 is 21.1 Å². The third kappa shape index (κ3) is 3.72. The molecular weight excluding hydrogens is 452 g/mol. The quantitative estimate of drug-likeness (QED) is 0.451. The summed E-state index contributed by atoms with van der Waals surface area (Å²) in [6.07, 6.45) is 2.70. The van der Waals surface area contributed by atoms with Crippen molar-refractivity contribution in [1.82, 2.24) is 25.5 Å². The van der Waals surface area contributed by atoms with Gasteiger partial charge in [0.1, 0.15) is 11.4 Å². The number of hydrogen-bond donors (Lipinski definition) is 3. The average Bonchev–Trinajstić information content (AvgIpc) is 3.33. The van der Waals surface area contributed by atoms with Gasteiger partial charge in [-0.2, -0.15) is 0 Å². The predicted octanol–water partition coefficient (Wildman–Crippen LogP) is 0.942. The fourth-order valence-corrected chi connectivity index (χ4v) is 4.31. The highest BCUT2D eigenvalue weighted by molar-refractivity contribution is 6.08. The Bertz CT molecular complexity index is 1370. The Morgan fingerprint density at radius 1 is 1.11 bits per heavy atom. The number of urea groups is 1. The monoisotopic (exact) mass is 472 g/mol. The second kappa shape index (κ2) is 8.20. The van der Waals surface area contributed by atoms with E-state index in [-0.39, 0.29) is 18.1 Å². The number of nitrogens with zero attached hydrogens (tertiary/aromatic N) is 3. The topological polar surface area (TPSA) is 157 Å². The number of carbonyl (C=O) groups excluding carboxylic acids is 4. The largest absolute Gasteiger partial charge is 0.497 e. The first-order valence-corrected chi connectivity index (χ1v) is 10.6. The van der Waals surface area contributed by atoms with Crippen LogP contribution in [-0.4, -0.2) is 52.3 Å². The molecule has 2 aliphatic heterocycles. The van der Waals surface area contributed by atoms with Crippen molar-refractivity contribution >= 4 is 23.8 Å². The molecule has 0 spiro atoms. The molecule has 0 radical (unpaired) electrons. The number of methoxy groups -OCH3 is 1. The molecule has 5 rings (SSSR count). The van der Waals surface area contributed by atoms with Gasteiger partial charge in [-0.05, 0) is 23.3 Å². The minimum Gasteiger partial charge on any atom is -0.497 e. The molecule has 4 N–H and O–H groups in total. The lowest BCUT2D eigenvalue weighted by atomic mass is 9.88. The maximum atomic E-state index is 13.1. The van der Waals surface area contributed by atoms with E-state index in [2.05, 4.69) is 20.6 Å². The Morgan fingerprint density at radius 2 is 1.89 bits per heavy atom. The van der Waals surface area contributed by atoms with Gasteiger partial charge >= 0.3 is 6.03 Å². The van der Waals surface area contributed by atoms with E-state index >= 15 is 0 Å². The van der Waals surface area contributed by atoms with Gasteiger partial charge in [0, 0.05) is 17.7 Å². The van der Waals surface area contributed by atoms with Crippen molar-refractivity contribution in [2.75, 3.05) is 13.7 Å². The maximum Gasteiger partial charge on any atom is 0.322 e. The van der Waals surface area contributed by atoms with Crippen LogP contribution in [-0.2, 0) is 16.9 Å². The molecule has 3 aromatic rings. The van der Waals surface area contributed by atoms with Crippen molar-refractivity contribution in [2.45, 2.75) is 12.1 Å². The first kappa shape index (κ1) is 22.0. The van der Waals surface area contributed by atoms with Crippen LogP contribution in [0.4, 0.5) is 4.79 Å². The Labute approximate surface area is 199 Å². The lowest BCUT2D eigenvalue weighted by Gasteiger charge is -2.31. The van der Waals surface area contributed by atoms with Gasteiger partial charge in [-0.25, -0.2) is 9.78 Å². The molecule has 35 heavy (non-hydrogen) atoms. The van der Waals surface area contributed by atoms with Crippen LogP contribution in [0.5, 0.6) is 5.75 Å². The maximum absolute atomic E-state index is 13.1. The zero-order valence-corrected chi connectivity index (χ0v) is 18.6. The Balaban J connectivity index is 1.45. The first-order valence-electron chi connectivity index (χ1n) is 10.6. The van der Waals surface area contributed by atoms with Crippen LogP contribution in [0, 0.1) is 0 Å². The SMILES string of the molecule is COc1ccc2c(c1)C(=O)N(C[C@@]1(c3ccc(-c4cnc(C(N)=O)cn4)cc3)NC(=O)NC1=O)C2. The van der Waals surface area contributed by atoms with Crippen molar-refractivity contribution in [3.05, 3.63) is 77.2 Å². The third-order valence-corrected chi connectivity index (χ3v) is 6.14. The summed E-state index contributed by atoms with van der Waals surface area (Å²) in [6.45, 7) is 0.232. The number of primary amides is 1. The third-order valence-electron chi connectivity index (χ3n) is 6.14. The van der Waals surface area contributed by atoms with Gasteiger partial charge in [-0.1, -0.05) is 30.3 Å². The van der Waals surface area contributed by atoms with Crippen LogP contribution >= 0.6 is 0 Å². The smallest absolute Gasteiger partial charge is 0.322 e. The summed E-state index contributed by atoms with van der Waals surface area (Å²) in [7, 11) is 1.52. The highest BCUT2D eigenvalue weighted by Gasteiger charge is 2.50. The number of rotatable bonds is 6. The van der Waals surface area contributed by atoms with E-state index in [4.69, 9.17) is 10.5 Å². The normalized spacial score (nSPS) is 18.8. The molecule has 2 aliphatic rings. The molecule has 1 saturated heterocycles. The van der Waals surface area contributed by atoms with Crippen LogP contribution in [0.2, 0.25) is 0 Å². The van der Waals surface area contributed by atoms with Gasteiger partial charge < -0.3 is 20.7 Å². The molecule has 0 saturated carbocycles. The fourth-order valence-electron chi connectivity index (χ4n) is 4.31. The molecule has 2 aromatic carbocycles. The van der Waals surface area contributed by atoms with E-state index in [1.165, 1.54) is 24.4 Å². The van der Waals surface area contributed by atoms with E-state index in [0.717, 1.165) is 5.56 Å². The van der Waals surface area contributed by atoms with Gasteiger partial charge in [-0.3, -0.25) is 24.7 Å². The Kier molecular flexibility index (Phi) is 5.16. The van der Waals surface area contributed by atoms with Crippen molar-refractivity contribution in [2.24, 2.45) is 5.73 Å². The Morgan fingerprint density at radius 3 is 2.49 bits per heavy atom. The number of amides is 5. The molecule has 11 nitrogen and oxygen atoms in total. The second-order valence-electron chi connectivity index (χ2n) is 8.23. The number of fused-ring (bicyclic) bond motifs is 1. The second-order valence-corrected chi connectivity index (χ2v) is 8.23. The molecule has 0 unspecified atom stereocenters. The zero-order valence-electron chi connectivity index (χ0n) is 18.6. The number of imide groups is 1. The summed E-state index contributed by atoms with van der Waals surface area (Å²) in [5.41, 5.74) is 6.74. The Hall–Kier alpha value is -4.80. The van der Waals surface area contributed by atoms with Crippen molar-refractivity contribution in [1.29, 1.82) is 0 Å². The van der Waals surface area contributed by atoms with Crippen molar-refractivity contribution < 1.29 is 23.9 Å². The number of nitrogens with one attached hydrogen (secondary N) is 2. The fraction of sp³-hybridized carbons (Fsp3) is 0.167. The zero-order chi connectivity index (χ0) is 24.7. The van der Waals surface area contributed by atoms with Crippen LogP contribution in [0.15, 0.2) is 54.9 Å². The van der Waals surface area contributed by atoms with E-state index < -0.39 is 23.4 Å². The van der Waals surface area contributed by atoms with Crippen LogP contribution in [0.1, 0.15) is 32.0 Å². The standard InChI is InChI=1S/C24H20N6O5/c1-35-16-7-4-14-11-30(21(32)17(14)8-16)12-24(22(33)28-23(34)29-24)15-5-2-13(3-6-15)18-9-27-19(10-26-18)20(25)31/h2-10H,11-12H2,1H3,(H2,25,31)(H2,28,29,33,34)/t24-/m0/s1. The molecule has 1 atom stereocenters. The number of nitrogens with two attached hydrogens (primary N) is 1. The number of aromatic nitrogens is 2. The van der Waals surface area contributed by atoms with Crippen LogP contribution in [0.25, 0.3) is 11.3 Å². The number of carbonyl (C=O) groups is 4. The summed E-state index contributed by atoms with van der Waals surface area (Å²) in [4.78, 5) is 59.2. The predicted molar refractivity (Wildman–Crippen MR) is 122 cm³/mol. The van der Waals surface area contributed by atoms with Gasteiger partial charge in [0.05, 0.1) is 31.7 Å². The lowest BCUT2D eigenvalue weighted by molar-refractivity contribution is -0.124. The average molecular weight is 472 g/mol. The van der Waals surface area contributed by atoms with Gasteiger partial charge in [0.25, 0.3) is 17.7 Å². The van der Waals surface area contributed by atoms with Gasteiger partial charge in [-0.15, -0.1) is 0 Å². The molecule has 5 amide bonds. The van der Waals surface area contributed by atoms with E-state index in [9.17, 15) is 19.2 Å².